The van der Waals surface area contributed by atoms with Gasteiger partial charge in [0.15, 0.2) is 5.82 Å². The van der Waals surface area contributed by atoms with Crippen molar-refractivity contribution in [2.45, 2.75) is 19.9 Å². The molecular formula is C25H30BrN7O3. The number of halogens is 1. The number of aliphatic hydroxyl groups is 1. The molecule has 11 heteroatoms. The van der Waals surface area contributed by atoms with Gasteiger partial charge < -0.3 is 25.2 Å². The van der Waals surface area contributed by atoms with Crippen LogP contribution < -0.4 is 16.2 Å². The normalized spacial score (nSPS) is 14.2. The molecule has 0 saturated carbocycles. The lowest BCUT2D eigenvalue weighted by Gasteiger charge is -2.34. The maximum Gasteiger partial charge on any atom is 0.274 e. The van der Waals surface area contributed by atoms with Gasteiger partial charge in [-0.15, -0.1) is 0 Å². The van der Waals surface area contributed by atoms with Gasteiger partial charge in [-0.1, -0.05) is 0 Å². The predicted molar refractivity (Wildman–Crippen MR) is 143 cm³/mol. The fourth-order valence-electron chi connectivity index (χ4n) is 3.98. The van der Waals surface area contributed by atoms with E-state index in [1.165, 1.54) is 0 Å². The van der Waals surface area contributed by atoms with Crippen LogP contribution in [-0.2, 0) is 0 Å². The number of hydrogen-bond donors (Lipinski definition) is 3. The van der Waals surface area contributed by atoms with Gasteiger partial charge in [-0.25, -0.2) is 4.98 Å². The van der Waals surface area contributed by atoms with Gasteiger partial charge in [-0.05, 0) is 66.2 Å². The van der Waals surface area contributed by atoms with Gasteiger partial charge in [0, 0.05) is 62.4 Å². The summed E-state index contributed by atoms with van der Waals surface area (Å²) in [5.41, 5.74) is 1.62. The second-order valence-corrected chi connectivity index (χ2v) is 9.66. The van der Waals surface area contributed by atoms with Crippen molar-refractivity contribution >= 4 is 45.0 Å². The number of carbonyl (C=O) groups excluding carboxylic acids is 1. The molecule has 1 amide bonds. The van der Waals surface area contributed by atoms with Gasteiger partial charge in [0.2, 0.25) is 5.95 Å². The third kappa shape index (κ3) is 6.10. The first-order valence-electron chi connectivity index (χ1n) is 11.9. The fraction of sp³-hybridized carbons (Fsp3) is 0.360. The van der Waals surface area contributed by atoms with Crippen LogP contribution in [0.4, 0.5) is 23.1 Å². The summed E-state index contributed by atoms with van der Waals surface area (Å²) in [6.45, 7) is 7.48. The first-order valence-corrected chi connectivity index (χ1v) is 12.7. The van der Waals surface area contributed by atoms with Crippen LogP contribution in [-0.4, -0.2) is 74.7 Å². The number of anilines is 4. The van der Waals surface area contributed by atoms with Crippen molar-refractivity contribution in [1.29, 1.82) is 0 Å². The molecule has 0 bridgehead atoms. The Labute approximate surface area is 218 Å². The number of nitrogens with zero attached hydrogens (tertiary/aromatic N) is 5. The first-order chi connectivity index (χ1) is 17.4. The highest BCUT2D eigenvalue weighted by atomic mass is 79.9. The van der Waals surface area contributed by atoms with Crippen molar-refractivity contribution in [1.82, 2.24) is 24.3 Å². The van der Waals surface area contributed by atoms with Crippen molar-refractivity contribution in [3.05, 3.63) is 69.2 Å². The lowest BCUT2D eigenvalue weighted by atomic mass is 10.1. The summed E-state index contributed by atoms with van der Waals surface area (Å²) in [5.74, 6) is 0.796. The minimum absolute atomic E-state index is 0.00788. The maximum atomic E-state index is 12.9. The molecule has 0 unspecified atom stereocenters. The number of nitrogens with one attached hydrogen (secondary N) is 2. The number of amides is 1. The Morgan fingerprint density at radius 2 is 1.83 bits per heavy atom. The van der Waals surface area contributed by atoms with Gasteiger partial charge in [0.25, 0.3) is 11.5 Å². The fourth-order valence-corrected chi connectivity index (χ4v) is 4.27. The smallest absolute Gasteiger partial charge is 0.274 e. The van der Waals surface area contributed by atoms with E-state index < -0.39 is 0 Å². The molecule has 2 aromatic heterocycles. The summed E-state index contributed by atoms with van der Waals surface area (Å²) in [7, 11) is 0. The molecule has 0 aliphatic carbocycles. The zero-order chi connectivity index (χ0) is 25.7. The molecule has 3 aromatic rings. The summed E-state index contributed by atoms with van der Waals surface area (Å²) < 4.78 is 2.27. The van der Waals surface area contributed by atoms with E-state index in [2.05, 4.69) is 41.4 Å². The minimum Gasteiger partial charge on any atom is -0.395 e. The lowest BCUT2D eigenvalue weighted by Crippen LogP contribution is -2.49. The molecule has 36 heavy (non-hydrogen) atoms. The summed E-state index contributed by atoms with van der Waals surface area (Å²) in [5, 5.41) is 15.3. The Balaban J connectivity index is 1.43. The average molecular weight is 556 g/mol. The van der Waals surface area contributed by atoms with E-state index in [0.717, 1.165) is 18.8 Å². The van der Waals surface area contributed by atoms with Crippen LogP contribution in [0.3, 0.4) is 0 Å². The molecule has 10 nitrogen and oxygen atoms in total. The summed E-state index contributed by atoms with van der Waals surface area (Å²) >= 11 is 3.44. The molecule has 1 aliphatic rings. The molecule has 190 valence electrons. The summed E-state index contributed by atoms with van der Waals surface area (Å²) in [6.07, 6.45) is 3.36. The van der Waals surface area contributed by atoms with E-state index >= 15 is 0 Å². The minimum atomic E-state index is -0.136. The molecule has 1 aliphatic heterocycles. The monoisotopic (exact) mass is 555 g/mol. The molecular weight excluding hydrogens is 526 g/mol. The molecule has 3 N–H and O–H groups in total. The summed E-state index contributed by atoms with van der Waals surface area (Å²) in [6, 6.07) is 10.7. The van der Waals surface area contributed by atoms with Gasteiger partial charge in [-0.3, -0.25) is 14.5 Å². The molecule has 1 saturated heterocycles. The SMILES string of the molecule is CC(C)n1cccc(Nc2nc(Nc3ccc(C(=O)N4CCN(CCO)CC4)cc3)ncc2Br)c1=O. The van der Waals surface area contributed by atoms with Crippen LogP contribution in [0.15, 0.2) is 58.1 Å². The quantitative estimate of drug-likeness (QED) is 0.388. The zero-order valence-electron chi connectivity index (χ0n) is 20.3. The molecule has 0 spiro atoms. The lowest BCUT2D eigenvalue weighted by molar-refractivity contribution is 0.0615. The van der Waals surface area contributed by atoms with Crippen LogP contribution in [0.2, 0.25) is 0 Å². The molecule has 0 atom stereocenters. The number of piperazine rings is 1. The Morgan fingerprint density at radius 1 is 1.11 bits per heavy atom. The van der Waals surface area contributed by atoms with Crippen molar-refractivity contribution < 1.29 is 9.90 Å². The standard InChI is InChI=1S/C25H30BrN7O3/c1-17(2)33-9-3-4-21(24(33)36)29-22-20(26)16-27-25(30-22)28-19-7-5-18(6-8-19)23(35)32-12-10-31(11-13-32)14-15-34/h3-9,16-17,34H,10-15H2,1-2H3,(H2,27,28,29,30). The third-order valence-corrected chi connectivity index (χ3v) is 6.57. The van der Waals surface area contributed by atoms with E-state index in [0.29, 0.717) is 47.1 Å². The average Bonchev–Trinajstić information content (AvgIpc) is 2.88. The Bertz CT molecular complexity index is 1260. The van der Waals surface area contributed by atoms with Crippen molar-refractivity contribution in [2.75, 3.05) is 50.0 Å². The topological polar surface area (TPSA) is 116 Å². The first kappa shape index (κ1) is 25.8. The molecule has 3 heterocycles. The second kappa shape index (κ2) is 11.6. The predicted octanol–water partition coefficient (Wildman–Crippen LogP) is 3.22. The highest BCUT2D eigenvalue weighted by Gasteiger charge is 2.21. The molecule has 1 aromatic carbocycles. The number of hydrogen-bond acceptors (Lipinski definition) is 8. The van der Waals surface area contributed by atoms with Crippen LogP contribution in [0.1, 0.15) is 30.2 Å². The van der Waals surface area contributed by atoms with Crippen LogP contribution in [0, 0.1) is 0 Å². The van der Waals surface area contributed by atoms with Gasteiger partial charge >= 0.3 is 0 Å². The number of benzene rings is 1. The maximum absolute atomic E-state index is 12.9. The number of β-amino-alcohol motifs (C(OH)–C–C–N with tert-alkyl or cyclic N) is 1. The third-order valence-electron chi connectivity index (χ3n) is 5.99. The van der Waals surface area contributed by atoms with Crippen molar-refractivity contribution in [2.24, 2.45) is 0 Å². The molecule has 1 fully saturated rings. The van der Waals surface area contributed by atoms with Crippen LogP contribution in [0.25, 0.3) is 0 Å². The zero-order valence-corrected chi connectivity index (χ0v) is 21.9. The largest absolute Gasteiger partial charge is 0.395 e. The number of rotatable bonds is 8. The van der Waals surface area contributed by atoms with E-state index in [9.17, 15) is 9.59 Å². The van der Waals surface area contributed by atoms with E-state index in [1.807, 2.05) is 36.9 Å². The van der Waals surface area contributed by atoms with Crippen LogP contribution in [0.5, 0.6) is 0 Å². The Hall–Kier alpha value is -3.28. The number of aromatic nitrogens is 3. The second-order valence-electron chi connectivity index (χ2n) is 8.80. The highest BCUT2D eigenvalue weighted by Crippen LogP contribution is 2.24. The van der Waals surface area contributed by atoms with E-state index in [4.69, 9.17) is 5.11 Å². The number of carbonyl (C=O) groups is 1. The van der Waals surface area contributed by atoms with E-state index in [1.54, 1.807) is 35.2 Å². The van der Waals surface area contributed by atoms with Crippen molar-refractivity contribution in [3.8, 4) is 0 Å². The van der Waals surface area contributed by atoms with Crippen molar-refractivity contribution in [3.63, 3.8) is 0 Å². The number of pyridine rings is 1. The van der Waals surface area contributed by atoms with E-state index in [-0.39, 0.29) is 24.1 Å². The van der Waals surface area contributed by atoms with Crippen LogP contribution >= 0.6 is 15.9 Å². The van der Waals surface area contributed by atoms with Gasteiger partial charge in [0.05, 0.1) is 11.1 Å². The Morgan fingerprint density at radius 3 is 2.50 bits per heavy atom. The Kier molecular flexibility index (Phi) is 8.34. The van der Waals surface area contributed by atoms with Gasteiger partial charge in [0.1, 0.15) is 5.69 Å². The highest BCUT2D eigenvalue weighted by molar-refractivity contribution is 9.10. The molecule has 4 rings (SSSR count). The van der Waals surface area contributed by atoms with Gasteiger partial charge in [-0.2, -0.15) is 4.98 Å². The number of aliphatic hydroxyl groups excluding tert-OH is 1. The molecule has 0 radical (unpaired) electrons. The summed E-state index contributed by atoms with van der Waals surface area (Å²) in [4.78, 5) is 38.4.